The van der Waals surface area contributed by atoms with E-state index in [1.807, 2.05) is 41.5 Å². The van der Waals surface area contributed by atoms with Gasteiger partial charge < -0.3 is 10.6 Å². The first-order chi connectivity index (χ1) is 30.3. The molecule has 0 aromatic heterocycles. The molecule has 0 saturated heterocycles. The molecular formula is C54H78N8P2. The molecule has 64 heavy (non-hydrogen) atoms. The van der Waals surface area contributed by atoms with Gasteiger partial charge in [0.15, 0.2) is 0 Å². The van der Waals surface area contributed by atoms with Crippen molar-refractivity contribution >= 4 is 60.2 Å². The summed E-state index contributed by atoms with van der Waals surface area (Å²) in [4.78, 5) is 27.1. The maximum atomic E-state index is 5.24. The molecule has 0 bridgehead atoms. The molecule has 344 valence electrons. The van der Waals surface area contributed by atoms with Gasteiger partial charge in [0.2, 0.25) is 0 Å². The maximum Gasteiger partial charge on any atom is 0.129 e. The molecule has 0 heterocycles. The Balaban J connectivity index is 0.000000483. The molecule has 0 radical (unpaired) electrons. The number of rotatable bonds is 18. The van der Waals surface area contributed by atoms with Gasteiger partial charge in [-0.15, -0.1) is 0 Å². The lowest BCUT2D eigenvalue weighted by Gasteiger charge is -2.29. The van der Waals surface area contributed by atoms with Gasteiger partial charge in [-0.2, -0.15) is 0 Å². The fraction of sp³-hybridized carbons (Fsp3) is 0.481. The number of unbranched alkanes of at least 4 members (excludes halogenated alkanes) is 4. The summed E-state index contributed by atoms with van der Waals surface area (Å²) < 4.78 is 0. The van der Waals surface area contributed by atoms with Crippen LogP contribution in [-0.2, 0) is 0 Å². The molecule has 0 unspecified atom stereocenters. The van der Waals surface area contributed by atoms with Gasteiger partial charge in [-0.3, -0.25) is 9.98 Å². The summed E-state index contributed by atoms with van der Waals surface area (Å²) in [6, 6.07) is 48.8. The molecule has 2 N–H and O–H groups in total. The van der Waals surface area contributed by atoms with E-state index in [4.69, 9.17) is 9.98 Å². The lowest BCUT2D eigenvalue weighted by molar-refractivity contribution is 0.514. The van der Waals surface area contributed by atoms with Gasteiger partial charge in [-0.05, 0) is 143 Å². The number of hydrogen-bond acceptors (Lipinski definition) is 6. The number of amidine groups is 2. The van der Waals surface area contributed by atoms with Gasteiger partial charge >= 0.3 is 0 Å². The molecule has 8 nitrogen and oxygen atoms in total. The lowest BCUT2D eigenvalue weighted by atomic mass is 10.1. The highest BCUT2D eigenvalue weighted by atomic mass is 31.1. The second-order valence-electron chi connectivity index (χ2n) is 19.8. The van der Waals surface area contributed by atoms with Gasteiger partial charge in [0.25, 0.3) is 0 Å². The molecule has 0 aliphatic rings. The fourth-order valence-corrected chi connectivity index (χ4v) is 10.7. The zero-order chi connectivity index (χ0) is 46.9. The highest BCUT2D eigenvalue weighted by Crippen LogP contribution is 2.36. The smallest absolute Gasteiger partial charge is 0.129 e. The van der Waals surface area contributed by atoms with E-state index in [1.54, 1.807) is 0 Å². The Bertz CT molecular complexity index is 1850. The van der Waals surface area contributed by atoms with Crippen molar-refractivity contribution in [2.24, 2.45) is 30.0 Å². The van der Waals surface area contributed by atoms with Gasteiger partial charge in [-0.1, -0.05) is 121 Å². The van der Waals surface area contributed by atoms with Crippen molar-refractivity contribution in [2.45, 2.75) is 144 Å². The van der Waals surface area contributed by atoms with Crippen molar-refractivity contribution < 1.29 is 0 Å². The Morgan fingerprint density at radius 2 is 0.656 bits per heavy atom. The first-order valence-electron chi connectivity index (χ1n) is 23.0. The van der Waals surface area contributed by atoms with E-state index in [0.29, 0.717) is 0 Å². The molecule has 0 aliphatic carbocycles. The van der Waals surface area contributed by atoms with E-state index in [2.05, 4.69) is 205 Å². The minimum Gasteiger partial charge on any atom is -0.365 e. The number of nitrogens with zero attached hydrogens (tertiary/aromatic N) is 6. The minimum atomic E-state index is -0.769. The molecular weight excluding hydrogens is 823 g/mol. The third-order valence-corrected chi connectivity index (χ3v) is 13.4. The standard InChI is InChI=1S/C39H50N4P2.C15H28N4/c1-38(2,3)42-36(44(32-22-12-7-13-23-32)33-24-14-8-15-25-33)40-30-20-11-21-31-41-37(43-39(4,5)6)45(34-26-16-9-17-27-34)35-28-18-10-19-29-35;1-14(2,3)18-12-16-10-8-7-9-11-17-13-19-15(4,5)6/h7-10,12-19,22-29H,11,20-21,30-31H2,1-6H3,(H,40,42)(H,41,43);7-11H2,1-6H3. The van der Waals surface area contributed by atoms with Crippen LogP contribution in [0.2, 0.25) is 0 Å². The molecule has 4 rings (SSSR count). The SMILES string of the molecule is CC(C)(C)N=C=NCCCCCN=C=NC(C)(C)C.CC(C)(C)NC(=NCCCCCN=C(NC(C)(C)C)P(c1ccccc1)c1ccccc1)P(c1ccccc1)c1ccccc1. The van der Waals surface area contributed by atoms with Crippen molar-refractivity contribution in [3.05, 3.63) is 121 Å². The molecule has 4 aromatic carbocycles. The summed E-state index contributed by atoms with van der Waals surface area (Å²) in [5, 5.41) is 12.8. The van der Waals surface area contributed by atoms with Gasteiger partial charge in [0, 0.05) is 53.1 Å². The molecule has 0 aliphatic heterocycles. The van der Waals surface area contributed by atoms with Crippen LogP contribution in [0.1, 0.15) is 122 Å². The topological polar surface area (TPSA) is 98.2 Å². The van der Waals surface area contributed by atoms with Crippen LogP contribution in [0, 0.1) is 0 Å². The molecule has 0 spiro atoms. The average molecular weight is 901 g/mol. The largest absolute Gasteiger partial charge is 0.365 e. The normalized spacial score (nSPS) is 12.4. The molecule has 4 aromatic rings. The molecule has 0 amide bonds. The van der Waals surface area contributed by atoms with Crippen LogP contribution < -0.4 is 31.9 Å². The van der Waals surface area contributed by atoms with E-state index >= 15 is 0 Å². The monoisotopic (exact) mass is 901 g/mol. The number of aliphatic imine (C=N–C) groups is 6. The third-order valence-electron chi connectivity index (χ3n) is 8.75. The van der Waals surface area contributed by atoms with Crippen LogP contribution in [0.3, 0.4) is 0 Å². The molecule has 10 heteroatoms. The van der Waals surface area contributed by atoms with Gasteiger partial charge in [0.05, 0.1) is 23.1 Å². The van der Waals surface area contributed by atoms with Gasteiger partial charge in [-0.25, -0.2) is 20.0 Å². The maximum absolute atomic E-state index is 5.24. The van der Waals surface area contributed by atoms with Crippen molar-refractivity contribution in [3.8, 4) is 0 Å². The fourth-order valence-electron chi connectivity index (χ4n) is 5.90. The van der Waals surface area contributed by atoms with Gasteiger partial charge in [0.1, 0.15) is 11.2 Å². The van der Waals surface area contributed by atoms with Crippen molar-refractivity contribution in [1.29, 1.82) is 0 Å². The summed E-state index contributed by atoms with van der Waals surface area (Å²) in [6.07, 6.45) is 6.37. The lowest BCUT2D eigenvalue weighted by Crippen LogP contribution is -2.42. The molecule has 0 saturated carbocycles. The zero-order valence-corrected chi connectivity index (χ0v) is 43.0. The summed E-state index contributed by atoms with van der Waals surface area (Å²) in [5.41, 5.74) is 1.88. The summed E-state index contributed by atoms with van der Waals surface area (Å²) in [5.74, 6) is 0. The first kappa shape index (κ1) is 53.8. The Hall–Kier alpha value is -4.56. The minimum absolute atomic E-state index is 0.0788. The third kappa shape index (κ3) is 23.9. The Morgan fingerprint density at radius 3 is 0.906 bits per heavy atom. The Labute approximate surface area is 390 Å². The molecule has 0 fully saturated rings. The highest BCUT2D eigenvalue weighted by molar-refractivity contribution is 7.88. The van der Waals surface area contributed by atoms with E-state index in [-0.39, 0.29) is 22.2 Å². The second kappa shape index (κ2) is 27.7. The second-order valence-corrected chi connectivity index (χ2v) is 24.1. The van der Waals surface area contributed by atoms with Crippen LogP contribution in [0.15, 0.2) is 151 Å². The summed E-state index contributed by atoms with van der Waals surface area (Å²) >= 11 is 0. The van der Waals surface area contributed by atoms with Crippen LogP contribution in [0.25, 0.3) is 0 Å². The van der Waals surface area contributed by atoms with Crippen molar-refractivity contribution in [2.75, 3.05) is 26.2 Å². The van der Waals surface area contributed by atoms with Crippen LogP contribution in [-0.4, -0.2) is 71.5 Å². The van der Waals surface area contributed by atoms with Crippen LogP contribution in [0.5, 0.6) is 0 Å². The summed E-state index contributed by atoms with van der Waals surface area (Å²) in [6.45, 7) is 28.7. The van der Waals surface area contributed by atoms with E-state index in [9.17, 15) is 0 Å². The first-order valence-corrected chi connectivity index (χ1v) is 25.7. The number of nitrogens with one attached hydrogen (secondary N) is 2. The Morgan fingerprint density at radius 1 is 0.391 bits per heavy atom. The summed E-state index contributed by atoms with van der Waals surface area (Å²) in [7, 11) is -1.54. The van der Waals surface area contributed by atoms with E-state index in [1.165, 1.54) is 21.2 Å². The predicted octanol–water partition coefficient (Wildman–Crippen LogP) is 12.0. The average Bonchev–Trinajstić information content (AvgIpc) is 3.22. The molecule has 0 atom stereocenters. The highest BCUT2D eigenvalue weighted by Gasteiger charge is 2.25. The number of benzene rings is 4. The zero-order valence-electron chi connectivity index (χ0n) is 41.2. The quantitative estimate of drug-likeness (QED) is 0.0450. The van der Waals surface area contributed by atoms with E-state index in [0.717, 1.165) is 75.9 Å². The van der Waals surface area contributed by atoms with Crippen LogP contribution >= 0.6 is 15.8 Å². The van der Waals surface area contributed by atoms with Crippen LogP contribution in [0.4, 0.5) is 0 Å². The number of hydrogen-bond donors (Lipinski definition) is 2. The predicted molar refractivity (Wildman–Crippen MR) is 285 cm³/mol. The van der Waals surface area contributed by atoms with Crippen molar-refractivity contribution in [3.63, 3.8) is 0 Å². The van der Waals surface area contributed by atoms with Crippen molar-refractivity contribution in [1.82, 2.24) is 10.6 Å². The Kier molecular flexibility index (Phi) is 23.3. The van der Waals surface area contributed by atoms with E-state index < -0.39 is 15.8 Å².